The fraction of sp³-hybridized carbons (Fsp3) is 0. The van der Waals surface area contributed by atoms with Crippen molar-refractivity contribution in [1.82, 2.24) is 4.98 Å². The van der Waals surface area contributed by atoms with Crippen molar-refractivity contribution >= 4 is 40.8 Å². The molecule has 20 heavy (non-hydrogen) atoms. The zero-order valence-corrected chi connectivity index (χ0v) is 11.4. The highest BCUT2D eigenvalue weighted by atomic mass is 35.5. The number of hydrogen-bond donors (Lipinski definition) is 2. The number of benzene rings is 1. The molecule has 2 rings (SSSR count). The summed E-state index contributed by atoms with van der Waals surface area (Å²) < 4.78 is 0. The molecular weight excluding hydrogens is 303 g/mol. The van der Waals surface area contributed by atoms with Crippen molar-refractivity contribution in [3.05, 3.63) is 57.8 Å². The van der Waals surface area contributed by atoms with Gasteiger partial charge in [-0.05, 0) is 30.3 Å². The van der Waals surface area contributed by atoms with E-state index in [9.17, 15) is 9.59 Å². The van der Waals surface area contributed by atoms with Crippen LogP contribution in [0.25, 0.3) is 0 Å². The Morgan fingerprint density at radius 1 is 1.10 bits per heavy atom. The van der Waals surface area contributed by atoms with Crippen LogP contribution in [-0.4, -0.2) is 22.0 Å². The van der Waals surface area contributed by atoms with E-state index in [-0.39, 0.29) is 15.7 Å². The average Bonchev–Trinajstić information content (AvgIpc) is 2.40. The number of nitrogens with zero attached hydrogens (tertiary/aromatic N) is 1. The number of halogens is 2. The molecule has 1 aromatic heterocycles. The van der Waals surface area contributed by atoms with Gasteiger partial charge in [-0.3, -0.25) is 4.79 Å². The minimum Gasteiger partial charge on any atom is -0.478 e. The van der Waals surface area contributed by atoms with Gasteiger partial charge in [0.15, 0.2) is 0 Å². The molecule has 1 amide bonds. The molecule has 5 nitrogen and oxygen atoms in total. The van der Waals surface area contributed by atoms with Crippen molar-refractivity contribution in [3.63, 3.8) is 0 Å². The summed E-state index contributed by atoms with van der Waals surface area (Å²) in [6.07, 6.45) is 1.41. The van der Waals surface area contributed by atoms with E-state index in [0.29, 0.717) is 11.3 Å². The highest BCUT2D eigenvalue weighted by Gasteiger charge is 2.11. The minimum absolute atomic E-state index is 0.0416. The molecule has 0 atom stereocenters. The summed E-state index contributed by atoms with van der Waals surface area (Å²) in [7, 11) is 0. The molecule has 0 bridgehead atoms. The highest BCUT2D eigenvalue weighted by molar-refractivity contribution is 6.34. The SMILES string of the molecule is O=C(O)c1ccc(NC(=O)c2ccnc(Cl)c2)c(Cl)c1. The number of pyridine rings is 1. The number of nitrogens with one attached hydrogen (secondary N) is 1. The van der Waals surface area contributed by atoms with Crippen LogP contribution in [-0.2, 0) is 0 Å². The van der Waals surface area contributed by atoms with Gasteiger partial charge in [-0.1, -0.05) is 23.2 Å². The van der Waals surface area contributed by atoms with Gasteiger partial charge in [0.05, 0.1) is 16.3 Å². The number of hydrogen-bond acceptors (Lipinski definition) is 3. The van der Waals surface area contributed by atoms with E-state index < -0.39 is 11.9 Å². The predicted molar refractivity (Wildman–Crippen MR) is 75.6 cm³/mol. The summed E-state index contributed by atoms with van der Waals surface area (Å²) in [6, 6.07) is 6.95. The molecule has 0 saturated carbocycles. The lowest BCUT2D eigenvalue weighted by Crippen LogP contribution is -2.12. The lowest BCUT2D eigenvalue weighted by Gasteiger charge is -2.08. The molecule has 0 aliphatic carbocycles. The Hall–Kier alpha value is -2.11. The molecular formula is C13H8Cl2N2O3. The van der Waals surface area contributed by atoms with Crippen LogP contribution in [0.3, 0.4) is 0 Å². The quantitative estimate of drug-likeness (QED) is 0.852. The van der Waals surface area contributed by atoms with E-state index in [1.165, 1.54) is 36.5 Å². The number of carbonyl (C=O) groups is 2. The molecule has 0 unspecified atom stereocenters. The normalized spacial score (nSPS) is 10.1. The van der Waals surface area contributed by atoms with Crippen LogP contribution in [0.2, 0.25) is 10.2 Å². The van der Waals surface area contributed by atoms with Gasteiger partial charge in [-0.25, -0.2) is 9.78 Å². The standard InChI is InChI=1S/C13H8Cl2N2O3/c14-9-5-8(13(19)20)1-2-10(9)17-12(18)7-3-4-16-11(15)6-7/h1-6H,(H,17,18)(H,19,20). The molecule has 0 fully saturated rings. The van der Waals surface area contributed by atoms with Gasteiger partial charge in [-0.2, -0.15) is 0 Å². The number of rotatable bonds is 3. The fourth-order valence-corrected chi connectivity index (χ4v) is 1.89. The number of amides is 1. The zero-order valence-electron chi connectivity index (χ0n) is 9.93. The maximum atomic E-state index is 12.0. The molecule has 0 spiro atoms. The lowest BCUT2D eigenvalue weighted by molar-refractivity contribution is 0.0696. The minimum atomic E-state index is -1.09. The molecule has 7 heteroatoms. The maximum absolute atomic E-state index is 12.0. The van der Waals surface area contributed by atoms with Gasteiger partial charge in [0.2, 0.25) is 0 Å². The predicted octanol–water partition coefficient (Wildman–Crippen LogP) is 3.34. The second-order valence-corrected chi connectivity index (χ2v) is 4.62. The van der Waals surface area contributed by atoms with Crippen LogP contribution in [0.4, 0.5) is 5.69 Å². The second kappa shape index (κ2) is 5.90. The number of aromatic carboxylic acids is 1. The molecule has 0 radical (unpaired) electrons. The zero-order chi connectivity index (χ0) is 14.7. The van der Waals surface area contributed by atoms with E-state index in [4.69, 9.17) is 28.3 Å². The number of anilines is 1. The van der Waals surface area contributed by atoms with Crippen LogP contribution in [0.15, 0.2) is 36.5 Å². The van der Waals surface area contributed by atoms with Crippen LogP contribution in [0, 0.1) is 0 Å². The van der Waals surface area contributed by atoms with Crippen LogP contribution in [0.1, 0.15) is 20.7 Å². The van der Waals surface area contributed by atoms with Crippen molar-refractivity contribution in [3.8, 4) is 0 Å². The van der Waals surface area contributed by atoms with Crippen LogP contribution < -0.4 is 5.32 Å². The summed E-state index contributed by atoms with van der Waals surface area (Å²) in [4.78, 5) is 26.5. The molecule has 1 aromatic carbocycles. The van der Waals surface area contributed by atoms with Gasteiger partial charge in [0.25, 0.3) is 5.91 Å². The van der Waals surface area contributed by atoms with Crippen molar-refractivity contribution < 1.29 is 14.7 Å². The smallest absolute Gasteiger partial charge is 0.335 e. The summed E-state index contributed by atoms with van der Waals surface area (Å²) in [5, 5.41) is 11.7. The molecule has 2 N–H and O–H groups in total. The lowest BCUT2D eigenvalue weighted by atomic mass is 10.2. The van der Waals surface area contributed by atoms with Crippen molar-refractivity contribution in [1.29, 1.82) is 0 Å². The average molecular weight is 311 g/mol. The first-order chi connectivity index (χ1) is 9.47. The van der Waals surface area contributed by atoms with E-state index in [1.807, 2.05) is 0 Å². The third-order valence-corrected chi connectivity index (χ3v) is 2.97. The van der Waals surface area contributed by atoms with E-state index in [1.54, 1.807) is 0 Å². The number of aromatic nitrogens is 1. The Morgan fingerprint density at radius 3 is 2.45 bits per heavy atom. The van der Waals surface area contributed by atoms with E-state index in [0.717, 1.165) is 0 Å². The Balaban J connectivity index is 2.22. The fourth-order valence-electron chi connectivity index (χ4n) is 1.49. The monoisotopic (exact) mass is 310 g/mol. The summed E-state index contributed by atoms with van der Waals surface area (Å²) in [6.45, 7) is 0. The third-order valence-electron chi connectivity index (χ3n) is 2.45. The van der Waals surface area contributed by atoms with Gasteiger partial charge in [-0.15, -0.1) is 0 Å². The van der Waals surface area contributed by atoms with Gasteiger partial charge >= 0.3 is 5.97 Å². The second-order valence-electron chi connectivity index (χ2n) is 3.82. The molecule has 2 aromatic rings. The third kappa shape index (κ3) is 3.26. The first-order valence-electron chi connectivity index (χ1n) is 5.43. The van der Waals surface area contributed by atoms with E-state index in [2.05, 4.69) is 10.3 Å². The largest absolute Gasteiger partial charge is 0.478 e. The Kier molecular flexibility index (Phi) is 4.22. The first-order valence-corrected chi connectivity index (χ1v) is 6.18. The van der Waals surface area contributed by atoms with Crippen molar-refractivity contribution in [2.45, 2.75) is 0 Å². The molecule has 1 heterocycles. The van der Waals surface area contributed by atoms with Crippen LogP contribution >= 0.6 is 23.2 Å². The van der Waals surface area contributed by atoms with E-state index >= 15 is 0 Å². The first kappa shape index (κ1) is 14.3. The van der Waals surface area contributed by atoms with Crippen molar-refractivity contribution in [2.75, 3.05) is 5.32 Å². The molecule has 0 aliphatic rings. The molecule has 0 saturated heterocycles. The Morgan fingerprint density at radius 2 is 1.85 bits per heavy atom. The summed E-state index contributed by atoms with van der Waals surface area (Å²) >= 11 is 11.6. The number of carboxylic acids is 1. The Bertz CT molecular complexity index is 689. The number of carboxylic acid groups (broad SMARTS) is 1. The summed E-state index contributed by atoms with van der Waals surface area (Å²) in [5.74, 6) is -1.51. The molecule has 102 valence electrons. The summed E-state index contributed by atoms with van der Waals surface area (Å²) in [5.41, 5.74) is 0.679. The maximum Gasteiger partial charge on any atom is 0.335 e. The van der Waals surface area contributed by atoms with Gasteiger partial charge < -0.3 is 10.4 Å². The molecule has 0 aliphatic heterocycles. The van der Waals surface area contributed by atoms with Gasteiger partial charge in [0, 0.05) is 11.8 Å². The topological polar surface area (TPSA) is 79.3 Å². The highest BCUT2D eigenvalue weighted by Crippen LogP contribution is 2.24. The van der Waals surface area contributed by atoms with Crippen LogP contribution in [0.5, 0.6) is 0 Å². The Labute approximate surface area is 124 Å². The number of carbonyl (C=O) groups excluding carboxylic acids is 1. The van der Waals surface area contributed by atoms with Gasteiger partial charge in [0.1, 0.15) is 5.15 Å². The van der Waals surface area contributed by atoms with Crippen molar-refractivity contribution in [2.24, 2.45) is 0 Å².